The number of ether oxygens (including phenoxy) is 1. The molecule has 0 spiro atoms. The molecule has 3 amide bonds. The van der Waals surface area contributed by atoms with E-state index >= 15 is 0 Å². The van der Waals surface area contributed by atoms with Gasteiger partial charge in [-0.15, -0.1) is 0 Å². The minimum atomic E-state index is -0.557. The largest absolute Gasteiger partial charge is 0.444 e. The summed E-state index contributed by atoms with van der Waals surface area (Å²) < 4.78 is 5.13. The van der Waals surface area contributed by atoms with Crippen LogP contribution in [-0.2, 0) is 20.7 Å². The highest BCUT2D eigenvalue weighted by Gasteiger charge is 2.23. The van der Waals surface area contributed by atoms with Crippen molar-refractivity contribution in [1.82, 2.24) is 15.5 Å². The van der Waals surface area contributed by atoms with Gasteiger partial charge in [0.25, 0.3) is 0 Å². The molecule has 0 atom stereocenters. The van der Waals surface area contributed by atoms with Crippen molar-refractivity contribution >= 4 is 17.9 Å². The van der Waals surface area contributed by atoms with E-state index in [4.69, 9.17) is 4.74 Å². The SMILES string of the molecule is CC(C)(C)OC(=O)NCCC(=O)NC1CCN(C(=O)CCc2ccccc2)CC1. The van der Waals surface area contributed by atoms with E-state index in [-0.39, 0.29) is 30.8 Å². The Bertz CT molecular complexity index is 677. The van der Waals surface area contributed by atoms with E-state index in [0.717, 1.165) is 19.3 Å². The molecule has 160 valence electrons. The zero-order valence-corrected chi connectivity index (χ0v) is 17.7. The Morgan fingerprint density at radius 3 is 2.34 bits per heavy atom. The van der Waals surface area contributed by atoms with E-state index in [1.54, 1.807) is 20.8 Å². The maximum absolute atomic E-state index is 12.4. The van der Waals surface area contributed by atoms with Gasteiger partial charge in [-0.2, -0.15) is 0 Å². The summed E-state index contributed by atoms with van der Waals surface area (Å²) >= 11 is 0. The summed E-state index contributed by atoms with van der Waals surface area (Å²) in [5, 5.41) is 5.57. The van der Waals surface area contributed by atoms with Crippen LogP contribution in [-0.4, -0.2) is 54.1 Å². The number of hydrogen-bond donors (Lipinski definition) is 2. The molecule has 1 saturated heterocycles. The Morgan fingerprint density at radius 2 is 1.72 bits per heavy atom. The maximum atomic E-state index is 12.4. The summed E-state index contributed by atoms with van der Waals surface area (Å²) in [7, 11) is 0. The average Bonchev–Trinajstić information content (AvgIpc) is 2.66. The summed E-state index contributed by atoms with van der Waals surface area (Å²) in [6, 6.07) is 10.1. The van der Waals surface area contributed by atoms with E-state index in [9.17, 15) is 14.4 Å². The zero-order valence-electron chi connectivity index (χ0n) is 17.7. The smallest absolute Gasteiger partial charge is 0.407 e. The number of alkyl carbamates (subject to hydrolysis) is 1. The second-order valence-electron chi connectivity index (χ2n) is 8.39. The Morgan fingerprint density at radius 1 is 1.07 bits per heavy atom. The molecule has 0 unspecified atom stereocenters. The first-order valence-electron chi connectivity index (χ1n) is 10.3. The first kappa shape index (κ1) is 22.7. The lowest BCUT2D eigenvalue weighted by atomic mass is 10.0. The third kappa shape index (κ3) is 8.98. The molecule has 0 saturated carbocycles. The molecule has 1 aromatic rings. The summed E-state index contributed by atoms with van der Waals surface area (Å²) in [4.78, 5) is 37.9. The van der Waals surface area contributed by atoms with E-state index in [2.05, 4.69) is 10.6 Å². The van der Waals surface area contributed by atoms with Crippen molar-refractivity contribution in [3.63, 3.8) is 0 Å². The fourth-order valence-electron chi connectivity index (χ4n) is 3.22. The minimum Gasteiger partial charge on any atom is -0.444 e. The van der Waals surface area contributed by atoms with Crippen molar-refractivity contribution in [2.45, 2.75) is 64.5 Å². The molecule has 7 nitrogen and oxygen atoms in total. The van der Waals surface area contributed by atoms with Gasteiger partial charge in [0.15, 0.2) is 0 Å². The molecule has 1 fully saturated rings. The molecular formula is C22H33N3O4. The topological polar surface area (TPSA) is 87.7 Å². The second kappa shape index (κ2) is 10.8. The molecule has 0 bridgehead atoms. The average molecular weight is 404 g/mol. The number of benzene rings is 1. The highest BCUT2D eigenvalue weighted by molar-refractivity contribution is 5.78. The van der Waals surface area contributed by atoms with Crippen LogP contribution < -0.4 is 10.6 Å². The summed E-state index contributed by atoms with van der Waals surface area (Å²) in [5.74, 6) is 0.0649. The molecule has 1 aliphatic heterocycles. The lowest BCUT2D eigenvalue weighted by Gasteiger charge is -2.32. The van der Waals surface area contributed by atoms with Gasteiger partial charge < -0.3 is 20.3 Å². The van der Waals surface area contributed by atoms with Crippen LogP contribution in [0, 0.1) is 0 Å². The maximum Gasteiger partial charge on any atom is 0.407 e. The Labute approximate surface area is 173 Å². The van der Waals surface area contributed by atoms with Gasteiger partial charge in [0.1, 0.15) is 5.60 Å². The van der Waals surface area contributed by atoms with E-state index < -0.39 is 11.7 Å². The van der Waals surface area contributed by atoms with Crippen molar-refractivity contribution in [3.05, 3.63) is 35.9 Å². The van der Waals surface area contributed by atoms with Crippen LogP contribution in [0.5, 0.6) is 0 Å². The predicted octanol–water partition coefficient (Wildman–Crippen LogP) is 2.64. The number of nitrogens with one attached hydrogen (secondary N) is 2. The summed E-state index contributed by atoms with van der Waals surface area (Å²) in [6.45, 7) is 6.93. The zero-order chi connectivity index (χ0) is 21.3. The molecule has 2 rings (SSSR count). The first-order valence-corrected chi connectivity index (χ1v) is 10.3. The fraction of sp³-hybridized carbons (Fsp3) is 0.591. The monoisotopic (exact) mass is 403 g/mol. The van der Waals surface area contributed by atoms with Crippen LogP contribution >= 0.6 is 0 Å². The number of aryl methyl sites for hydroxylation is 1. The van der Waals surface area contributed by atoms with Gasteiger partial charge in [-0.3, -0.25) is 9.59 Å². The molecule has 1 heterocycles. The van der Waals surface area contributed by atoms with Crippen LogP contribution in [0.2, 0.25) is 0 Å². The predicted molar refractivity (Wildman–Crippen MR) is 111 cm³/mol. The summed E-state index contributed by atoms with van der Waals surface area (Å²) in [5.41, 5.74) is 0.613. The van der Waals surface area contributed by atoms with Gasteiger partial charge in [0.05, 0.1) is 0 Å². The van der Waals surface area contributed by atoms with Gasteiger partial charge in [-0.25, -0.2) is 4.79 Å². The summed E-state index contributed by atoms with van der Waals surface area (Å²) in [6.07, 6.45) is 2.45. The number of carbonyl (C=O) groups is 3. The number of rotatable bonds is 7. The van der Waals surface area contributed by atoms with Crippen LogP contribution in [0.15, 0.2) is 30.3 Å². The van der Waals surface area contributed by atoms with E-state index in [1.165, 1.54) is 5.56 Å². The van der Waals surface area contributed by atoms with E-state index in [1.807, 2.05) is 35.2 Å². The molecule has 7 heteroatoms. The quantitative estimate of drug-likeness (QED) is 0.733. The first-order chi connectivity index (χ1) is 13.7. The van der Waals surface area contributed by atoms with Crippen molar-refractivity contribution in [3.8, 4) is 0 Å². The Kier molecular flexibility index (Phi) is 8.49. The number of carbonyl (C=O) groups excluding carboxylic acids is 3. The minimum absolute atomic E-state index is 0.0715. The number of piperidine rings is 1. The van der Waals surface area contributed by atoms with Crippen LogP contribution in [0.1, 0.15) is 52.0 Å². The molecule has 29 heavy (non-hydrogen) atoms. The molecule has 1 aromatic carbocycles. The molecule has 1 aliphatic rings. The van der Waals surface area contributed by atoms with Gasteiger partial charge in [0.2, 0.25) is 11.8 Å². The van der Waals surface area contributed by atoms with E-state index in [0.29, 0.717) is 19.5 Å². The fourth-order valence-corrected chi connectivity index (χ4v) is 3.22. The standard InChI is InChI=1S/C22H33N3O4/c1-22(2,3)29-21(28)23-14-11-19(26)24-18-12-15-25(16-13-18)20(27)10-9-17-7-5-4-6-8-17/h4-8,18H,9-16H2,1-3H3,(H,23,28)(H,24,26). The van der Waals surface area contributed by atoms with Gasteiger partial charge >= 0.3 is 6.09 Å². The Hall–Kier alpha value is -2.57. The highest BCUT2D eigenvalue weighted by atomic mass is 16.6. The number of nitrogens with zero attached hydrogens (tertiary/aromatic N) is 1. The van der Waals surface area contributed by atoms with Crippen LogP contribution in [0.3, 0.4) is 0 Å². The number of hydrogen-bond acceptors (Lipinski definition) is 4. The van der Waals surface area contributed by atoms with Crippen LogP contribution in [0.4, 0.5) is 4.79 Å². The molecular weight excluding hydrogens is 370 g/mol. The lowest BCUT2D eigenvalue weighted by Crippen LogP contribution is -2.47. The lowest BCUT2D eigenvalue weighted by molar-refractivity contribution is -0.132. The Balaban J connectivity index is 1.60. The van der Waals surface area contributed by atoms with Crippen molar-refractivity contribution in [2.75, 3.05) is 19.6 Å². The number of amides is 3. The van der Waals surface area contributed by atoms with Crippen molar-refractivity contribution in [2.24, 2.45) is 0 Å². The van der Waals surface area contributed by atoms with Gasteiger partial charge in [-0.1, -0.05) is 30.3 Å². The second-order valence-corrected chi connectivity index (χ2v) is 8.39. The van der Waals surface area contributed by atoms with Gasteiger partial charge in [-0.05, 0) is 45.6 Å². The molecule has 2 N–H and O–H groups in total. The molecule has 0 aliphatic carbocycles. The van der Waals surface area contributed by atoms with Crippen molar-refractivity contribution < 1.29 is 19.1 Å². The molecule has 0 radical (unpaired) electrons. The normalized spacial score (nSPS) is 14.9. The van der Waals surface area contributed by atoms with Crippen molar-refractivity contribution in [1.29, 1.82) is 0 Å². The highest BCUT2D eigenvalue weighted by Crippen LogP contribution is 2.13. The molecule has 0 aromatic heterocycles. The third-order valence-corrected chi connectivity index (χ3v) is 4.70. The number of likely N-dealkylation sites (tertiary alicyclic amines) is 1. The third-order valence-electron chi connectivity index (χ3n) is 4.70. The van der Waals surface area contributed by atoms with Gasteiger partial charge in [0, 0.05) is 38.5 Å². The van der Waals surface area contributed by atoms with Crippen LogP contribution in [0.25, 0.3) is 0 Å².